The molecule has 0 saturated heterocycles. The van der Waals surface area contributed by atoms with Crippen LogP contribution in [0.25, 0.3) is 0 Å². The van der Waals surface area contributed by atoms with E-state index in [4.69, 9.17) is 21.1 Å². The number of esters is 1. The van der Waals surface area contributed by atoms with Gasteiger partial charge in [0.05, 0.1) is 16.8 Å². The van der Waals surface area contributed by atoms with Crippen LogP contribution in [0.15, 0.2) is 77.9 Å². The maximum atomic E-state index is 12.2. The van der Waals surface area contributed by atoms with Crippen LogP contribution in [0.1, 0.15) is 41.3 Å². The Morgan fingerprint density at radius 2 is 1.62 bits per heavy atom. The molecule has 3 aromatic carbocycles. The quantitative estimate of drug-likeness (QED) is 0.221. The summed E-state index contributed by atoms with van der Waals surface area (Å²) in [5.74, 6) is 0.510. The molecule has 0 aromatic heterocycles. The molecule has 0 unspecified atom stereocenters. The molecule has 0 saturated carbocycles. The summed E-state index contributed by atoms with van der Waals surface area (Å²) < 4.78 is 10.8. The first-order valence-corrected chi connectivity index (χ1v) is 10.4. The number of nitrogens with one attached hydrogen (secondary N) is 1. The molecule has 0 aliphatic carbocycles. The van der Waals surface area contributed by atoms with Crippen molar-refractivity contribution in [3.05, 3.63) is 94.5 Å². The first-order chi connectivity index (χ1) is 15.4. The zero-order valence-corrected chi connectivity index (χ0v) is 18.5. The Labute approximate surface area is 191 Å². The van der Waals surface area contributed by atoms with Crippen molar-refractivity contribution < 1.29 is 19.1 Å². The summed E-state index contributed by atoms with van der Waals surface area (Å²) in [5, 5.41) is 4.24. The van der Waals surface area contributed by atoms with E-state index in [9.17, 15) is 9.59 Å². The Balaban J connectivity index is 1.45. The highest BCUT2D eigenvalue weighted by Crippen LogP contribution is 2.19. The molecule has 0 aliphatic heterocycles. The lowest BCUT2D eigenvalue weighted by atomic mass is 10.0. The fourth-order valence-corrected chi connectivity index (χ4v) is 2.93. The van der Waals surface area contributed by atoms with Crippen LogP contribution in [-0.4, -0.2) is 24.7 Å². The van der Waals surface area contributed by atoms with Gasteiger partial charge in [0.15, 0.2) is 6.61 Å². The first-order valence-electron chi connectivity index (χ1n) is 10.0. The van der Waals surface area contributed by atoms with Gasteiger partial charge in [-0.3, -0.25) is 4.79 Å². The molecule has 0 radical (unpaired) electrons. The molecule has 0 atom stereocenters. The normalized spacial score (nSPS) is 10.9. The van der Waals surface area contributed by atoms with Crippen LogP contribution >= 0.6 is 11.6 Å². The molecule has 164 valence electrons. The van der Waals surface area contributed by atoms with Gasteiger partial charge in [-0.1, -0.05) is 49.7 Å². The number of rotatable bonds is 8. The largest absolute Gasteiger partial charge is 0.484 e. The van der Waals surface area contributed by atoms with Gasteiger partial charge < -0.3 is 9.47 Å². The van der Waals surface area contributed by atoms with Gasteiger partial charge in [0.2, 0.25) is 0 Å². The number of benzene rings is 3. The molecule has 0 aliphatic rings. The fraction of sp³-hybridized carbons (Fsp3) is 0.160. The minimum Gasteiger partial charge on any atom is -0.484 e. The van der Waals surface area contributed by atoms with Crippen molar-refractivity contribution >= 4 is 29.7 Å². The Hall–Kier alpha value is -3.64. The lowest BCUT2D eigenvalue weighted by molar-refractivity contribution is -0.123. The minimum atomic E-state index is -0.539. The number of amides is 1. The van der Waals surface area contributed by atoms with E-state index < -0.39 is 5.97 Å². The maximum absolute atomic E-state index is 12.2. The van der Waals surface area contributed by atoms with E-state index in [2.05, 4.69) is 24.4 Å². The van der Waals surface area contributed by atoms with Crippen LogP contribution < -0.4 is 14.9 Å². The average Bonchev–Trinajstić information content (AvgIpc) is 2.79. The molecule has 3 rings (SSSR count). The number of carbonyl (C=O) groups is 2. The molecule has 0 spiro atoms. The molecule has 1 amide bonds. The standard InChI is InChI=1S/C25H23ClN2O4/c1-17(2)19-9-13-20(14-10-19)31-16-24(29)28-27-15-18-7-11-21(12-8-18)32-25(30)22-5-3-4-6-23(22)26/h3-15,17H,16H2,1-2H3,(H,28,29)/b27-15+. The third-order valence-electron chi connectivity index (χ3n) is 4.50. The van der Waals surface area contributed by atoms with Gasteiger partial charge in [-0.05, 0) is 65.6 Å². The van der Waals surface area contributed by atoms with E-state index in [1.807, 2.05) is 24.3 Å². The predicted octanol–water partition coefficient (Wildman–Crippen LogP) is 5.21. The van der Waals surface area contributed by atoms with Crippen LogP contribution in [0.5, 0.6) is 11.5 Å². The molecule has 0 fully saturated rings. The summed E-state index contributed by atoms with van der Waals surface area (Å²) in [4.78, 5) is 24.1. The second-order valence-corrected chi connectivity index (χ2v) is 7.65. The number of hydrogen-bond acceptors (Lipinski definition) is 5. The summed E-state index contributed by atoms with van der Waals surface area (Å²) in [5.41, 5.74) is 4.62. The highest BCUT2D eigenvalue weighted by atomic mass is 35.5. The summed E-state index contributed by atoms with van der Waals surface area (Å²) in [6.07, 6.45) is 1.48. The van der Waals surface area contributed by atoms with Crippen molar-refractivity contribution in [1.82, 2.24) is 5.43 Å². The summed E-state index contributed by atoms with van der Waals surface area (Å²) >= 11 is 6.01. The third kappa shape index (κ3) is 6.68. The first kappa shape index (κ1) is 23.0. The molecule has 0 bridgehead atoms. The van der Waals surface area contributed by atoms with Crippen molar-refractivity contribution in [2.45, 2.75) is 19.8 Å². The second kappa shape index (κ2) is 11.1. The number of hydrazone groups is 1. The second-order valence-electron chi connectivity index (χ2n) is 7.24. The van der Waals surface area contributed by atoms with Crippen LogP contribution in [0, 0.1) is 0 Å². The van der Waals surface area contributed by atoms with E-state index in [0.717, 1.165) is 0 Å². The minimum absolute atomic E-state index is 0.144. The zero-order chi connectivity index (χ0) is 22.9. The molecule has 7 heteroatoms. The lowest BCUT2D eigenvalue weighted by Gasteiger charge is -2.08. The average molecular weight is 451 g/mol. The molecule has 32 heavy (non-hydrogen) atoms. The summed E-state index contributed by atoms with van der Waals surface area (Å²) in [6, 6.07) is 21.0. The Morgan fingerprint density at radius 3 is 2.28 bits per heavy atom. The van der Waals surface area contributed by atoms with Gasteiger partial charge in [-0.2, -0.15) is 5.10 Å². The SMILES string of the molecule is CC(C)c1ccc(OCC(=O)N/N=C/c2ccc(OC(=O)c3ccccc3Cl)cc2)cc1. The molecular weight excluding hydrogens is 428 g/mol. The van der Waals surface area contributed by atoms with Gasteiger partial charge in [-0.25, -0.2) is 10.2 Å². The number of nitrogens with zero attached hydrogens (tertiary/aromatic N) is 1. The predicted molar refractivity (Wildman–Crippen MR) is 125 cm³/mol. The molecular formula is C25H23ClN2O4. The van der Waals surface area contributed by atoms with Gasteiger partial charge in [-0.15, -0.1) is 0 Å². The maximum Gasteiger partial charge on any atom is 0.345 e. The Bertz CT molecular complexity index is 1090. The third-order valence-corrected chi connectivity index (χ3v) is 4.83. The Morgan fingerprint density at radius 1 is 0.969 bits per heavy atom. The van der Waals surface area contributed by atoms with Gasteiger partial charge in [0, 0.05) is 0 Å². The van der Waals surface area contributed by atoms with Gasteiger partial charge >= 0.3 is 5.97 Å². The Kier molecular flexibility index (Phi) is 8.00. The van der Waals surface area contributed by atoms with Crippen molar-refractivity contribution in [2.24, 2.45) is 5.10 Å². The van der Waals surface area contributed by atoms with Crippen LogP contribution in [-0.2, 0) is 4.79 Å². The van der Waals surface area contributed by atoms with Crippen LogP contribution in [0.3, 0.4) is 0 Å². The number of halogens is 1. The van der Waals surface area contributed by atoms with Gasteiger partial charge in [0.1, 0.15) is 11.5 Å². The summed E-state index contributed by atoms with van der Waals surface area (Å²) in [7, 11) is 0. The number of ether oxygens (including phenoxy) is 2. The number of hydrogen-bond donors (Lipinski definition) is 1. The fourth-order valence-electron chi connectivity index (χ4n) is 2.72. The zero-order valence-electron chi connectivity index (χ0n) is 17.7. The lowest BCUT2D eigenvalue weighted by Crippen LogP contribution is -2.24. The van der Waals surface area contributed by atoms with Crippen LogP contribution in [0.2, 0.25) is 5.02 Å². The van der Waals surface area contributed by atoms with Crippen molar-refractivity contribution in [3.8, 4) is 11.5 Å². The van der Waals surface area contributed by atoms with Crippen molar-refractivity contribution in [1.29, 1.82) is 0 Å². The van der Waals surface area contributed by atoms with E-state index in [1.54, 1.807) is 48.5 Å². The molecule has 3 aromatic rings. The molecule has 0 heterocycles. The highest BCUT2D eigenvalue weighted by molar-refractivity contribution is 6.33. The molecule has 6 nitrogen and oxygen atoms in total. The van der Waals surface area contributed by atoms with Gasteiger partial charge in [0.25, 0.3) is 5.91 Å². The van der Waals surface area contributed by atoms with Crippen molar-refractivity contribution in [3.63, 3.8) is 0 Å². The van der Waals surface area contributed by atoms with Crippen molar-refractivity contribution in [2.75, 3.05) is 6.61 Å². The smallest absolute Gasteiger partial charge is 0.345 e. The number of carbonyl (C=O) groups excluding carboxylic acids is 2. The molecule has 1 N–H and O–H groups in total. The van der Waals surface area contributed by atoms with E-state index in [-0.39, 0.29) is 12.5 Å². The van der Waals surface area contributed by atoms with E-state index in [1.165, 1.54) is 11.8 Å². The topological polar surface area (TPSA) is 77.0 Å². The highest BCUT2D eigenvalue weighted by Gasteiger charge is 2.12. The summed E-state index contributed by atoms with van der Waals surface area (Å²) in [6.45, 7) is 4.08. The van der Waals surface area contributed by atoms with Crippen LogP contribution in [0.4, 0.5) is 0 Å². The monoisotopic (exact) mass is 450 g/mol. The van der Waals surface area contributed by atoms with E-state index in [0.29, 0.717) is 33.6 Å². The van der Waals surface area contributed by atoms with E-state index >= 15 is 0 Å².